The highest BCUT2D eigenvalue weighted by Gasteiger charge is 2.53. The fourth-order valence-electron chi connectivity index (χ4n) is 5.42. The number of imidazole rings is 1. The third kappa shape index (κ3) is 3.62. The molecule has 7 nitrogen and oxygen atoms in total. The first-order valence-corrected chi connectivity index (χ1v) is 12.1. The third-order valence-corrected chi connectivity index (χ3v) is 7.55. The maximum Gasteiger partial charge on any atom is 0.234 e. The molecular weight excluding hydrogens is 438 g/mol. The van der Waals surface area contributed by atoms with Crippen molar-refractivity contribution in [3.63, 3.8) is 0 Å². The Kier molecular flexibility index (Phi) is 5.00. The standard InChI is InChI=1S/C28H31N5O2/c1-19-5-8-23(9-6-19)27(3)33-17-28(15-29-16-28)13-22(26(33)31-35-27)11-21-7-10-24(25(12-21)34-4)32-14-20(2)30-18-32/h5-12,14,18,29H,13,15-17H2,1-4H3/b22-11+. The summed E-state index contributed by atoms with van der Waals surface area (Å²) in [5, 5.41) is 8.13. The van der Waals surface area contributed by atoms with Gasteiger partial charge in [-0.15, -0.1) is 0 Å². The molecule has 3 aliphatic rings. The van der Waals surface area contributed by atoms with Gasteiger partial charge < -0.3 is 24.4 Å². The maximum atomic E-state index is 6.19. The average molecular weight is 470 g/mol. The van der Waals surface area contributed by atoms with Crippen molar-refractivity contribution >= 4 is 11.9 Å². The van der Waals surface area contributed by atoms with E-state index in [1.165, 1.54) is 11.1 Å². The number of nitrogens with zero attached hydrogens (tertiary/aromatic N) is 4. The number of benzene rings is 2. The highest BCUT2D eigenvalue weighted by atomic mass is 16.7. The van der Waals surface area contributed by atoms with Gasteiger partial charge in [-0.3, -0.25) is 0 Å². The number of hydrogen-bond acceptors (Lipinski definition) is 6. The average Bonchev–Trinajstić information content (AvgIpc) is 3.42. The van der Waals surface area contributed by atoms with Crippen LogP contribution in [0.5, 0.6) is 5.75 Å². The predicted octanol–water partition coefficient (Wildman–Crippen LogP) is 4.39. The molecule has 6 rings (SSSR count). The summed E-state index contributed by atoms with van der Waals surface area (Å²) in [4.78, 5) is 12.9. The van der Waals surface area contributed by atoms with Gasteiger partial charge in [0.05, 0.1) is 24.8 Å². The van der Waals surface area contributed by atoms with Crippen molar-refractivity contribution in [2.24, 2.45) is 10.6 Å². The Morgan fingerprint density at radius 1 is 1.11 bits per heavy atom. The molecule has 4 heterocycles. The lowest BCUT2D eigenvalue weighted by Crippen LogP contribution is -2.64. The van der Waals surface area contributed by atoms with Crippen LogP contribution in [-0.2, 0) is 10.6 Å². The molecule has 1 aromatic heterocycles. The number of nitrogens with one attached hydrogen (secondary N) is 1. The molecule has 0 amide bonds. The van der Waals surface area contributed by atoms with E-state index < -0.39 is 5.72 Å². The molecule has 2 saturated heterocycles. The summed E-state index contributed by atoms with van der Waals surface area (Å²) in [6.07, 6.45) is 7.02. The van der Waals surface area contributed by atoms with Crippen molar-refractivity contribution in [2.75, 3.05) is 26.7 Å². The summed E-state index contributed by atoms with van der Waals surface area (Å²) in [7, 11) is 1.71. The Morgan fingerprint density at radius 2 is 1.91 bits per heavy atom. The SMILES string of the molecule is COc1cc(/C=C2\CC3(CNC3)CN3C2=NOC3(C)c2ccc(C)cc2)ccc1-n1cnc(C)c1. The number of ether oxygens (including phenoxy) is 1. The van der Waals surface area contributed by atoms with Gasteiger partial charge in [-0.25, -0.2) is 4.98 Å². The van der Waals surface area contributed by atoms with Crippen LogP contribution in [0.25, 0.3) is 11.8 Å². The number of methoxy groups -OCH3 is 1. The predicted molar refractivity (Wildman–Crippen MR) is 137 cm³/mol. The Bertz CT molecular complexity index is 1340. The third-order valence-electron chi connectivity index (χ3n) is 7.55. The van der Waals surface area contributed by atoms with Crippen molar-refractivity contribution < 1.29 is 9.57 Å². The first-order chi connectivity index (χ1) is 16.9. The van der Waals surface area contributed by atoms with E-state index in [9.17, 15) is 0 Å². The van der Waals surface area contributed by atoms with Gasteiger partial charge in [-0.2, -0.15) is 0 Å². The van der Waals surface area contributed by atoms with Crippen LogP contribution in [0.2, 0.25) is 0 Å². The summed E-state index contributed by atoms with van der Waals surface area (Å²) < 4.78 is 7.74. The number of hydrogen-bond donors (Lipinski definition) is 1. The quantitative estimate of drug-likeness (QED) is 0.614. The van der Waals surface area contributed by atoms with Crippen molar-refractivity contribution in [1.82, 2.24) is 19.8 Å². The van der Waals surface area contributed by atoms with E-state index >= 15 is 0 Å². The van der Waals surface area contributed by atoms with Crippen LogP contribution in [0.4, 0.5) is 0 Å². The van der Waals surface area contributed by atoms with Crippen LogP contribution in [0, 0.1) is 19.3 Å². The van der Waals surface area contributed by atoms with Crippen LogP contribution in [0.3, 0.4) is 0 Å². The fourth-order valence-corrected chi connectivity index (χ4v) is 5.42. The molecule has 1 N–H and O–H groups in total. The van der Waals surface area contributed by atoms with Gasteiger partial charge in [-0.1, -0.05) is 41.1 Å². The maximum absolute atomic E-state index is 6.19. The molecule has 35 heavy (non-hydrogen) atoms. The van der Waals surface area contributed by atoms with E-state index in [0.717, 1.165) is 60.1 Å². The van der Waals surface area contributed by atoms with Gasteiger partial charge in [0.1, 0.15) is 5.75 Å². The molecule has 0 radical (unpaired) electrons. The zero-order valence-electron chi connectivity index (χ0n) is 20.7. The van der Waals surface area contributed by atoms with E-state index in [0.29, 0.717) is 0 Å². The Labute approximate surface area is 206 Å². The molecule has 1 unspecified atom stereocenters. The van der Waals surface area contributed by atoms with Gasteiger partial charge in [0, 0.05) is 43.7 Å². The molecule has 0 bridgehead atoms. The van der Waals surface area contributed by atoms with E-state index in [4.69, 9.17) is 9.57 Å². The van der Waals surface area contributed by atoms with Crippen LogP contribution in [0.15, 0.2) is 65.7 Å². The lowest BCUT2D eigenvalue weighted by Gasteiger charge is -2.52. The van der Waals surface area contributed by atoms with Crippen LogP contribution in [-0.4, -0.2) is 47.0 Å². The number of fused-ring (bicyclic) bond motifs is 1. The monoisotopic (exact) mass is 469 g/mol. The minimum atomic E-state index is -0.619. The second kappa shape index (κ2) is 7.99. The van der Waals surface area contributed by atoms with E-state index in [1.54, 1.807) is 7.11 Å². The van der Waals surface area contributed by atoms with Crippen molar-refractivity contribution in [1.29, 1.82) is 0 Å². The largest absolute Gasteiger partial charge is 0.495 e. The molecule has 3 aromatic rings. The van der Waals surface area contributed by atoms with Crippen LogP contribution < -0.4 is 10.1 Å². The molecule has 3 aliphatic heterocycles. The summed E-state index contributed by atoms with van der Waals surface area (Å²) in [5.41, 5.74) is 6.12. The van der Waals surface area contributed by atoms with Gasteiger partial charge in [0.15, 0.2) is 5.84 Å². The van der Waals surface area contributed by atoms with Crippen molar-refractivity contribution in [2.45, 2.75) is 32.9 Å². The van der Waals surface area contributed by atoms with E-state index in [1.807, 2.05) is 24.0 Å². The normalized spacial score (nSPS) is 23.6. The molecule has 7 heteroatoms. The Balaban J connectivity index is 1.37. The Hall–Kier alpha value is -3.58. The number of oxime groups is 1. The molecule has 1 spiro atoms. The summed E-state index contributed by atoms with van der Waals surface area (Å²) in [6.45, 7) is 9.13. The molecule has 1 atom stereocenters. The smallest absolute Gasteiger partial charge is 0.234 e. The minimum Gasteiger partial charge on any atom is -0.495 e. The number of piperidine rings is 1. The van der Waals surface area contributed by atoms with Gasteiger partial charge in [0.2, 0.25) is 5.72 Å². The van der Waals surface area contributed by atoms with Gasteiger partial charge in [0.25, 0.3) is 0 Å². The molecular formula is C28H31N5O2. The zero-order valence-corrected chi connectivity index (χ0v) is 20.7. The highest BCUT2D eigenvalue weighted by molar-refractivity contribution is 6.04. The van der Waals surface area contributed by atoms with E-state index in [-0.39, 0.29) is 5.41 Å². The van der Waals surface area contributed by atoms with Crippen molar-refractivity contribution in [3.8, 4) is 11.4 Å². The second-order valence-electron chi connectivity index (χ2n) is 10.2. The number of amidine groups is 1. The molecule has 0 saturated carbocycles. The lowest BCUT2D eigenvalue weighted by molar-refractivity contribution is -0.107. The Morgan fingerprint density at radius 3 is 2.57 bits per heavy atom. The fraction of sp³-hybridized carbons (Fsp3) is 0.357. The number of aryl methyl sites for hydroxylation is 2. The second-order valence-corrected chi connectivity index (χ2v) is 10.2. The number of aromatic nitrogens is 2. The first kappa shape index (κ1) is 21.9. The minimum absolute atomic E-state index is 0.183. The summed E-state index contributed by atoms with van der Waals surface area (Å²) >= 11 is 0. The zero-order chi connectivity index (χ0) is 24.2. The molecule has 2 fully saturated rings. The van der Waals surface area contributed by atoms with Crippen LogP contribution in [0.1, 0.15) is 35.7 Å². The first-order valence-electron chi connectivity index (χ1n) is 12.1. The summed E-state index contributed by atoms with van der Waals surface area (Å²) in [6, 6.07) is 14.9. The number of rotatable bonds is 4. The highest BCUT2D eigenvalue weighted by Crippen LogP contribution is 2.46. The van der Waals surface area contributed by atoms with Crippen molar-refractivity contribution in [3.05, 3.63) is 82.9 Å². The summed E-state index contributed by atoms with van der Waals surface area (Å²) in [5.74, 6) is 1.73. The van der Waals surface area contributed by atoms with Crippen LogP contribution >= 0.6 is 0 Å². The van der Waals surface area contributed by atoms with Gasteiger partial charge >= 0.3 is 0 Å². The van der Waals surface area contributed by atoms with Gasteiger partial charge in [-0.05, 0) is 49.6 Å². The molecule has 180 valence electrons. The topological polar surface area (TPSA) is 63.9 Å². The lowest BCUT2D eigenvalue weighted by atomic mass is 9.72. The molecule has 0 aliphatic carbocycles. The van der Waals surface area contributed by atoms with E-state index in [2.05, 4.69) is 82.7 Å². The molecule has 2 aromatic carbocycles.